The highest BCUT2D eigenvalue weighted by atomic mass is 16.3. The number of aliphatic hydroxyl groups excluding tert-OH is 1. The van der Waals surface area contributed by atoms with E-state index in [1.807, 2.05) is 17.9 Å². The van der Waals surface area contributed by atoms with E-state index in [-0.39, 0.29) is 6.61 Å². The summed E-state index contributed by atoms with van der Waals surface area (Å²) < 4.78 is 1.82. The van der Waals surface area contributed by atoms with Crippen LogP contribution in [0.2, 0.25) is 0 Å². The van der Waals surface area contributed by atoms with Crippen molar-refractivity contribution >= 4 is 0 Å². The smallest absolute Gasteiger partial charge is 0.0679 e. The second kappa shape index (κ2) is 4.26. The van der Waals surface area contributed by atoms with Crippen molar-refractivity contribution in [2.24, 2.45) is 7.05 Å². The van der Waals surface area contributed by atoms with E-state index in [9.17, 15) is 0 Å². The highest BCUT2D eigenvalue weighted by Crippen LogP contribution is 2.09. The minimum absolute atomic E-state index is 0.188. The van der Waals surface area contributed by atoms with Crippen molar-refractivity contribution in [3.05, 3.63) is 17.5 Å². The Morgan fingerprint density at radius 2 is 2.25 bits per heavy atom. The predicted octanol–water partition coefficient (Wildman–Crippen LogP) is 0.907. The van der Waals surface area contributed by atoms with Gasteiger partial charge in [-0.15, -0.1) is 0 Å². The molecule has 0 radical (unpaired) electrons. The number of nitrogens with zero attached hydrogens (tertiary/aromatic N) is 2. The van der Waals surface area contributed by atoms with Gasteiger partial charge in [0.25, 0.3) is 0 Å². The van der Waals surface area contributed by atoms with E-state index in [2.05, 4.69) is 12.0 Å². The van der Waals surface area contributed by atoms with Gasteiger partial charge in [0, 0.05) is 26.3 Å². The molecule has 1 rings (SSSR count). The van der Waals surface area contributed by atoms with Crippen LogP contribution in [-0.2, 0) is 19.9 Å². The quantitative estimate of drug-likeness (QED) is 0.725. The Balaban J connectivity index is 2.76. The van der Waals surface area contributed by atoms with Crippen LogP contribution in [0.3, 0.4) is 0 Å². The lowest BCUT2D eigenvalue weighted by Crippen LogP contribution is -1.96. The first-order chi connectivity index (χ1) is 5.77. The summed E-state index contributed by atoms with van der Waals surface area (Å²) in [6.07, 6.45) is 4.90. The molecule has 0 saturated heterocycles. The van der Waals surface area contributed by atoms with Gasteiger partial charge in [0.2, 0.25) is 0 Å². The summed E-state index contributed by atoms with van der Waals surface area (Å²) in [7, 11) is 1.92. The lowest BCUT2D eigenvalue weighted by molar-refractivity contribution is 0.297. The van der Waals surface area contributed by atoms with Crippen molar-refractivity contribution in [3.63, 3.8) is 0 Å². The van der Waals surface area contributed by atoms with Gasteiger partial charge in [-0.05, 0) is 12.0 Å². The zero-order valence-corrected chi connectivity index (χ0v) is 7.75. The lowest BCUT2D eigenvalue weighted by Gasteiger charge is -1.96. The Morgan fingerprint density at radius 1 is 1.50 bits per heavy atom. The monoisotopic (exact) mass is 168 g/mol. The van der Waals surface area contributed by atoms with E-state index < -0.39 is 0 Å². The second-order valence-electron chi connectivity index (χ2n) is 3.00. The van der Waals surface area contributed by atoms with Gasteiger partial charge < -0.3 is 5.11 Å². The molecule has 0 aliphatic rings. The maximum absolute atomic E-state index is 8.77. The fourth-order valence-corrected chi connectivity index (χ4v) is 1.38. The molecule has 12 heavy (non-hydrogen) atoms. The molecule has 1 aromatic rings. The van der Waals surface area contributed by atoms with Gasteiger partial charge >= 0.3 is 0 Å². The highest BCUT2D eigenvalue weighted by molar-refractivity contribution is 5.17. The van der Waals surface area contributed by atoms with E-state index in [4.69, 9.17) is 5.11 Å². The van der Waals surface area contributed by atoms with Crippen molar-refractivity contribution in [3.8, 4) is 0 Å². The maximum atomic E-state index is 8.77. The van der Waals surface area contributed by atoms with Crippen LogP contribution in [0.15, 0.2) is 6.20 Å². The maximum Gasteiger partial charge on any atom is 0.0679 e. The van der Waals surface area contributed by atoms with Gasteiger partial charge in [-0.3, -0.25) is 4.68 Å². The summed E-state index contributed by atoms with van der Waals surface area (Å²) in [5.41, 5.74) is 2.32. The van der Waals surface area contributed by atoms with Gasteiger partial charge in [-0.25, -0.2) is 0 Å². The largest absolute Gasteiger partial charge is 0.396 e. The van der Waals surface area contributed by atoms with Crippen molar-refractivity contribution < 1.29 is 5.11 Å². The molecule has 0 atom stereocenters. The first-order valence-electron chi connectivity index (χ1n) is 4.40. The van der Waals surface area contributed by atoms with Crippen molar-refractivity contribution in [2.45, 2.75) is 26.2 Å². The predicted molar refractivity (Wildman–Crippen MR) is 48.0 cm³/mol. The second-order valence-corrected chi connectivity index (χ2v) is 3.00. The molecule has 3 nitrogen and oxygen atoms in total. The molecule has 68 valence electrons. The van der Waals surface area contributed by atoms with Gasteiger partial charge in [-0.2, -0.15) is 5.10 Å². The minimum atomic E-state index is 0.188. The molecule has 0 aromatic carbocycles. The average molecular weight is 168 g/mol. The van der Waals surface area contributed by atoms with Crippen molar-refractivity contribution in [1.82, 2.24) is 9.78 Å². The Morgan fingerprint density at radius 3 is 2.83 bits per heavy atom. The molecular formula is C9H16N2O. The lowest BCUT2D eigenvalue weighted by atomic mass is 10.1. The zero-order valence-electron chi connectivity index (χ0n) is 7.75. The summed E-state index contributed by atoms with van der Waals surface area (Å²) in [5, 5.41) is 13.0. The average Bonchev–Trinajstić information content (AvgIpc) is 2.33. The Hall–Kier alpha value is -0.830. The van der Waals surface area contributed by atoms with Crippen LogP contribution in [0.25, 0.3) is 0 Å². The number of aryl methyl sites for hydroxylation is 2. The van der Waals surface area contributed by atoms with Crippen LogP contribution in [0.4, 0.5) is 0 Å². The number of aromatic nitrogens is 2. The highest BCUT2D eigenvalue weighted by Gasteiger charge is 2.05. The van der Waals surface area contributed by atoms with Gasteiger partial charge in [0.05, 0.1) is 5.69 Å². The normalized spacial score (nSPS) is 10.6. The summed E-state index contributed by atoms with van der Waals surface area (Å²) in [4.78, 5) is 0. The van der Waals surface area contributed by atoms with E-state index >= 15 is 0 Å². The third-order valence-corrected chi connectivity index (χ3v) is 1.86. The molecule has 0 unspecified atom stereocenters. The number of aliphatic hydroxyl groups is 1. The molecule has 3 heteroatoms. The SMILES string of the molecule is CCCc1cn(C)nc1CCO. The third kappa shape index (κ3) is 2.08. The molecule has 0 fully saturated rings. The molecule has 1 aromatic heterocycles. The van der Waals surface area contributed by atoms with Crippen LogP contribution in [0.1, 0.15) is 24.6 Å². The molecule has 0 bridgehead atoms. The fourth-order valence-electron chi connectivity index (χ4n) is 1.38. The van der Waals surface area contributed by atoms with Crippen molar-refractivity contribution in [2.75, 3.05) is 6.61 Å². The Kier molecular flexibility index (Phi) is 3.29. The van der Waals surface area contributed by atoms with Crippen LogP contribution >= 0.6 is 0 Å². The molecule has 0 aliphatic carbocycles. The molecule has 1 N–H and O–H groups in total. The Labute approximate surface area is 73.0 Å². The topological polar surface area (TPSA) is 38.0 Å². The van der Waals surface area contributed by atoms with Crippen LogP contribution in [0, 0.1) is 0 Å². The van der Waals surface area contributed by atoms with E-state index in [1.54, 1.807) is 0 Å². The standard InChI is InChI=1S/C9H16N2O/c1-3-4-8-7-11(2)10-9(8)5-6-12/h7,12H,3-6H2,1-2H3. The molecule has 1 heterocycles. The van der Waals surface area contributed by atoms with Gasteiger partial charge in [0.15, 0.2) is 0 Å². The molecule has 0 spiro atoms. The summed E-state index contributed by atoms with van der Waals surface area (Å²) in [5.74, 6) is 0. The first kappa shape index (κ1) is 9.26. The number of hydrogen-bond donors (Lipinski definition) is 1. The van der Waals surface area contributed by atoms with E-state index in [0.29, 0.717) is 6.42 Å². The van der Waals surface area contributed by atoms with Gasteiger partial charge in [-0.1, -0.05) is 13.3 Å². The summed E-state index contributed by atoms with van der Waals surface area (Å²) >= 11 is 0. The van der Waals surface area contributed by atoms with Crippen LogP contribution < -0.4 is 0 Å². The minimum Gasteiger partial charge on any atom is -0.396 e. The third-order valence-electron chi connectivity index (χ3n) is 1.86. The Bertz CT molecular complexity index is 219. The summed E-state index contributed by atoms with van der Waals surface area (Å²) in [6, 6.07) is 0. The number of rotatable bonds is 4. The van der Waals surface area contributed by atoms with E-state index in [0.717, 1.165) is 18.5 Å². The van der Waals surface area contributed by atoms with Crippen LogP contribution in [-0.4, -0.2) is 21.5 Å². The fraction of sp³-hybridized carbons (Fsp3) is 0.667. The van der Waals surface area contributed by atoms with E-state index in [1.165, 1.54) is 5.56 Å². The zero-order chi connectivity index (χ0) is 8.97. The first-order valence-corrected chi connectivity index (χ1v) is 4.40. The van der Waals surface area contributed by atoms with Crippen LogP contribution in [0.5, 0.6) is 0 Å². The molecule has 0 saturated carbocycles. The molecule has 0 aliphatic heterocycles. The molecular weight excluding hydrogens is 152 g/mol. The number of hydrogen-bond acceptors (Lipinski definition) is 2. The summed E-state index contributed by atoms with van der Waals surface area (Å²) in [6.45, 7) is 2.34. The van der Waals surface area contributed by atoms with Crippen molar-refractivity contribution in [1.29, 1.82) is 0 Å². The van der Waals surface area contributed by atoms with Gasteiger partial charge in [0.1, 0.15) is 0 Å². The molecule has 0 amide bonds.